The van der Waals surface area contributed by atoms with Gasteiger partial charge in [0.15, 0.2) is 0 Å². The highest BCUT2D eigenvalue weighted by Crippen LogP contribution is 2.27. The van der Waals surface area contributed by atoms with Crippen molar-refractivity contribution in [3.05, 3.63) is 58.9 Å². The maximum absolute atomic E-state index is 13.4. The molecule has 0 unspecified atom stereocenters. The second-order valence-corrected chi connectivity index (χ2v) is 8.43. The molecule has 4 rings (SSSR count). The summed E-state index contributed by atoms with van der Waals surface area (Å²) >= 11 is 6.02. The van der Waals surface area contributed by atoms with Gasteiger partial charge < -0.3 is 15.1 Å². The van der Waals surface area contributed by atoms with Crippen molar-refractivity contribution >= 4 is 40.2 Å². The Labute approximate surface area is 186 Å². The molecule has 8 heteroatoms. The lowest BCUT2D eigenvalue weighted by atomic mass is 9.97. The van der Waals surface area contributed by atoms with Gasteiger partial charge in [-0.05, 0) is 49.1 Å². The number of hydrogen-bond donors (Lipinski definition) is 1. The van der Waals surface area contributed by atoms with Gasteiger partial charge in [-0.15, -0.1) is 0 Å². The minimum absolute atomic E-state index is 0.167. The zero-order chi connectivity index (χ0) is 22.0. The van der Waals surface area contributed by atoms with E-state index in [4.69, 9.17) is 21.6 Å². The number of nitrogens with zero attached hydrogens (tertiary/aromatic N) is 4. The van der Waals surface area contributed by atoms with Gasteiger partial charge in [0, 0.05) is 39.1 Å². The van der Waals surface area contributed by atoms with Crippen molar-refractivity contribution in [3.63, 3.8) is 0 Å². The number of piperidine rings is 1. The maximum atomic E-state index is 13.4. The summed E-state index contributed by atoms with van der Waals surface area (Å²) in [5.41, 5.74) is 1.09. The summed E-state index contributed by atoms with van der Waals surface area (Å²) in [4.78, 5) is 26.1. The molecule has 162 valence electrons. The predicted molar refractivity (Wildman–Crippen MR) is 123 cm³/mol. The van der Waals surface area contributed by atoms with Crippen LogP contribution >= 0.6 is 11.6 Å². The molecular formula is C23H25ClFN5O. The Kier molecular flexibility index (Phi) is 6.23. The first-order valence-corrected chi connectivity index (χ1v) is 10.7. The number of carbonyl (C=O) groups is 1. The number of para-hydroxylation sites is 1. The number of nitrogens with one attached hydrogen (secondary N) is 1. The van der Waals surface area contributed by atoms with Crippen LogP contribution in [0, 0.1) is 11.7 Å². The van der Waals surface area contributed by atoms with Crippen LogP contribution in [0.2, 0.25) is 5.02 Å². The Balaban J connectivity index is 1.39. The first-order valence-electron chi connectivity index (χ1n) is 10.3. The van der Waals surface area contributed by atoms with Crippen LogP contribution in [0.4, 0.5) is 16.2 Å². The summed E-state index contributed by atoms with van der Waals surface area (Å²) in [6.07, 6.45) is 1.81. The Morgan fingerprint density at radius 1 is 1.19 bits per heavy atom. The minimum Gasteiger partial charge on any atom is -0.362 e. The minimum atomic E-state index is -0.477. The molecule has 2 heterocycles. The predicted octanol–water partition coefficient (Wildman–Crippen LogP) is 4.13. The molecule has 0 bridgehead atoms. The first-order chi connectivity index (χ1) is 14.9. The Morgan fingerprint density at radius 3 is 2.68 bits per heavy atom. The number of benzene rings is 2. The van der Waals surface area contributed by atoms with Crippen molar-refractivity contribution in [1.82, 2.24) is 15.3 Å². The van der Waals surface area contributed by atoms with Gasteiger partial charge in [0.05, 0.1) is 16.1 Å². The summed E-state index contributed by atoms with van der Waals surface area (Å²) < 4.78 is 13.4. The highest BCUT2D eigenvalue weighted by atomic mass is 35.5. The molecule has 0 atom stereocenters. The van der Waals surface area contributed by atoms with Crippen LogP contribution in [0.5, 0.6) is 0 Å². The smallest absolute Gasteiger partial charge is 0.252 e. The Hall–Kier alpha value is -2.93. The molecule has 2 aromatic carbocycles. The van der Waals surface area contributed by atoms with E-state index in [0.29, 0.717) is 12.5 Å². The van der Waals surface area contributed by atoms with Crippen LogP contribution in [-0.4, -0.2) is 49.6 Å². The van der Waals surface area contributed by atoms with E-state index in [2.05, 4.69) is 10.2 Å². The molecule has 1 aliphatic rings. The third-order valence-electron chi connectivity index (χ3n) is 5.62. The zero-order valence-corrected chi connectivity index (χ0v) is 18.4. The zero-order valence-electron chi connectivity index (χ0n) is 17.6. The van der Waals surface area contributed by atoms with E-state index in [0.717, 1.165) is 48.6 Å². The van der Waals surface area contributed by atoms with Gasteiger partial charge in [-0.2, -0.15) is 4.98 Å². The molecular weight excluding hydrogens is 417 g/mol. The molecule has 0 spiro atoms. The van der Waals surface area contributed by atoms with E-state index >= 15 is 0 Å². The van der Waals surface area contributed by atoms with E-state index in [9.17, 15) is 9.18 Å². The average molecular weight is 442 g/mol. The summed E-state index contributed by atoms with van der Waals surface area (Å²) in [7, 11) is 3.97. The van der Waals surface area contributed by atoms with E-state index in [1.165, 1.54) is 18.2 Å². The van der Waals surface area contributed by atoms with Crippen molar-refractivity contribution in [1.29, 1.82) is 0 Å². The fourth-order valence-electron chi connectivity index (χ4n) is 3.87. The number of rotatable bonds is 5. The summed E-state index contributed by atoms with van der Waals surface area (Å²) in [5, 5.41) is 4.17. The van der Waals surface area contributed by atoms with E-state index in [1.807, 2.05) is 43.3 Å². The quantitative estimate of drug-likeness (QED) is 0.645. The molecule has 6 nitrogen and oxygen atoms in total. The lowest BCUT2D eigenvalue weighted by Gasteiger charge is -2.32. The molecule has 0 aliphatic carbocycles. The molecule has 1 N–H and O–H groups in total. The Bertz CT molecular complexity index is 1100. The van der Waals surface area contributed by atoms with Crippen molar-refractivity contribution in [2.75, 3.05) is 43.5 Å². The maximum Gasteiger partial charge on any atom is 0.252 e. The molecule has 3 aromatic rings. The lowest BCUT2D eigenvalue weighted by molar-refractivity contribution is 0.0944. The molecule has 1 amide bonds. The third-order valence-corrected chi connectivity index (χ3v) is 5.95. The third kappa shape index (κ3) is 4.71. The number of fused-ring (bicyclic) bond motifs is 1. The summed E-state index contributed by atoms with van der Waals surface area (Å²) in [6.45, 7) is 2.15. The van der Waals surface area contributed by atoms with Crippen molar-refractivity contribution in [2.45, 2.75) is 12.8 Å². The SMILES string of the molecule is CN(C)c1nc(N2CCC(CNC(=O)c3cc(F)ccc3Cl)CC2)nc2ccccc12. The lowest BCUT2D eigenvalue weighted by Crippen LogP contribution is -2.39. The van der Waals surface area contributed by atoms with Gasteiger partial charge in [-0.3, -0.25) is 4.79 Å². The molecule has 1 fully saturated rings. The van der Waals surface area contributed by atoms with Gasteiger partial charge in [0.25, 0.3) is 5.91 Å². The van der Waals surface area contributed by atoms with Crippen LogP contribution in [0.15, 0.2) is 42.5 Å². The number of aromatic nitrogens is 2. The normalized spacial score (nSPS) is 14.6. The molecule has 1 aliphatic heterocycles. The summed E-state index contributed by atoms with van der Waals surface area (Å²) in [6, 6.07) is 11.8. The van der Waals surface area contributed by atoms with Crippen LogP contribution in [0.3, 0.4) is 0 Å². The van der Waals surface area contributed by atoms with Crippen molar-refractivity contribution in [2.24, 2.45) is 5.92 Å². The fourth-order valence-corrected chi connectivity index (χ4v) is 4.07. The fraction of sp³-hybridized carbons (Fsp3) is 0.348. The van der Waals surface area contributed by atoms with Crippen molar-refractivity contribution in [3.8, 4) is 0 Å². The van der Waals surface area contributed by atoms with Crippen LogP contribution in [0.1, 0.15) is 23.2 Å². The molecule has 0 radical (unpaired) electrons. The highest BCUT2D eigenvalue weighted by Gasteiger charge is 2.23. The number of amides is 1. The molecule has 31 heavy (non-hydrogen) atoms. The molecule has 1 saturated heterocycles. The average Bonchev–Trinajstić information content (AvgIpc) is 2.78. The van der Waals surface area contributed by atoms with Gasteiger partial charge in [0.2, 0.25) is 5.95 Å². The van der Waals surface area contributed by atoms with Crippen LogP contribution < -0.4 is 15.1 Å². The summed E-state index contributed by atoms with van der Waals surface area (Å²) in [5.74, 6) is 1.15. The van der Waals surface area contributed by atoms with E-state index < -0.39 is 5.82 Å². The number of carbonyl (C=O) groups excluding carboxylic acids is 1. The van der Waals surface area contributed by atoms with Gasteiger partial charge in [-0.1, -0.05) is 23.7 Å². The van der Waals surface area contributed by atoms with E-state index in [1.54, 1.807) is 0 Å². The number of anilines is 2. The van der Waals surface area contributed by atoms with Gasteiger partial charge in [0.1, 0.15) is 11.6 Å². The number of hydrogen-bond acceptors (Lipinski definition) is 5. The standard InChI is InChI=1S/C23H25ClFN5O/c1-29(2)21-17-5-3-4-6-20(17)27-23(28-21)30-11-9-15(10-12-30)14-26-22(31)18-13-16(25)7-8-19(18)24/h3-8,13,15H,9-12,14H2,1-2H3,(H,26,31). The second-order valence-electron chi connectivity index (χ2n) is 8.02. The highest BCUT2D eigenvalue weighted by molar-refractivity contribution is 6.33. The van der Waals surface area contributed by atoms with Gasteiger partial charge >= 0.3 is 0 Å². The monoisotopic (exact) mass is 441 g/mol. The van der Waals surface area contributed by atoms with Crippen LogP contribution in [0.25, 0.3) is 10.9 Å². The van der Waals surface area contributed by atoms with Crippen LogP contribution in [-0.2, 0) is 0 Å². The largest absolute Gasteiger partial charge is 0.362 e. The topological polar surface area (TPSA) is 61.4 Å². The first kappa shape index (κ1) is 21.3. The second kappa shape index (κ2) is 9.06. The molecule has 0 saturated carbocycles. The molecule has 1 aromatic heterocycles. The van der Waals surface area contributed by atoms with Gasteiger partial charge in [-0.25, -0.2) is 9.37 Å². The van der Waals surface area contributed by atoms with E-state index in [-0.39, 0.29) is 16.5 Å². The van der Waals surface area contributed by atoms with Crippen molar-refractivity contribution < 1.29 is 9.18 Å². The Morgan fingerprint density at radius 2 is 1.94 bits per heavy atom. The number of halogens is 2.